The highest BCUT2D eigenvalue weighted by molar-refractivity contribution is 6.24. The molecule has 0 aromatic heterocycles. The maximum Gasteiger partial charge on any atom is 0.185 e. The molecular formula is C15H26O4Si-. The Morgan fingerprint density at radius 1 is 1.05 bits per heavy atom. The van der Waals surface area contributed by atoms with Crippen LogP contribution in [0.1, 0.15) is 59.3 Å². The van der Waals surface area contributed by atoms with Crippen molar-refractivity contribution in [2.45, 2.75) is 65.6 Å². The van der Waals surface area contributed by atoms with Crippen LogP contribution in [0.25, 0.3) is 0 Å². The summed E-state index contributed by atoms with van der Waals surface area (Å²) in [6.07, 6.45) is 4.34. The minimum atomic E-state index is -1.23. The maximum absolute atomic E-state index is 11.4. The molecular weight excluding hydrogens is 272 g/mol. The molecule has 0 unspecified atom stereocenters. The molecule has 0 N–H and O–H groups in total. The molecule has 20 heavy (non-hydrogen) atoms. The van der Waals surface area contributed by atoms with Crippen LogP contribution in [-0.4, -0.2) is 35.7 Å². The molecule has 0 fully saturated rings. The highest BCUT2D eigenvalue weighted by atomic mass is 28.1. The van der Waals surface area contributed by atoms with Gasteiger partial charge in [0.05, 0.1) is 29.4 Å². The zero-order chi connectivity index (χ0) is 15.4. The molecule has 0 atom stereocenters. The summed E-state index contributed by atoms with van der Waals surface area (Å²) in [5, 5.41) is 12.0. The Bertz CT molecular complexity index is 292. The summed E-state index contributed by atoms with van der Waals surface area (Å²) in [6.45, 7) is 7.06. The molecule has 0 aliphatic carbocycles. The molecule has 0 rings (SSSR count). The van der Waals surface area contributed by atoms with Crippen LogP contribution in [0.5, 0.6) is 0 Å². The van der Waals surface area contributed by atoms with Crippen molar-refractivity contribution in [2.24, 2.45) is 0 Å². The van der Waals surface area contributed by atoms with Crippen molar-refractivity contribution in [3.8, 4) is 0 Å². The van der Waals surface area contributed by atoms with Gasteiger partial charge >= 0.3 is 0 Å². The smallest absolute Gasteiger partial charge is 0.185 e. The first-order valence-corrected chi connectivity index (χ1v) is 7.97. The molecule has 0 aliphatic heterocycles. The second-order valence-corrected chi connectivity index (χ2v) is 5.31. The minimum Gasteiger partial charge on any atom is -0.545 e. The number of unbranched alkanes of at least 4 members (excludes halogenated alkanes) is 2. The van der Waals surface area contributed by atoms with E-state index in [0.717, 1.165) is 32.1 Å². The number of allylic oxidation sites excluding steroid dienone is 1. The van der Waals surface area contributed by atoms with Crippen molar-refractivity contribution < 1.29 is 19.4 Å². The molecule has 3 radical (unpaired) electrons. The van der Waals surface area contributed by atoms with E-state index in [9.17, 15) is 9.90 Å². The summed E-state index contributed by atoms with van der Waals surface area (Å²) in [5.41, 5.74) is 0.0794. The van der Waals surface area contributed by atoms with E-state index in [0.29, 0.717) is 24.8 Å². The predicted molar refractivity (Wildman–Crippen MR) is 78.2 cm³/mol. The van der Waals surface area contributed by atoms with E-state index in [1.807, 2.05) is 6.92 Å². The van der Waals surface area contributed by atoms with Gasteiger partial charge in [-0.25, -0.2) is 0 Å². The number of ether oxygens (including phenoxy) is 2. The van der Waals surface area contributed by atoms with Crippen molar-refractivity contribution >= 4 is 16.2 Å². The number of aliphatic carboxylic acids is 1. The molecule has 0 saturated carbocycles. The molecule has 0 aromatic carbocycles. The van der Waals surface area contributed by atoms with E-state index in [-0.39, 0.29) is 5.57 Å². The molecule has 0 bridgehead atoms. The van der Waals surface area contributed by atoms with E-state index in [2.05, 4.69) is 24.1 Å². The van der Waals surface area contributed by atoms with Crippen LogP contribution in [-0.2, 0) is 14.3 Å². The van der Waals surface area contributed by atoms with Gasteiger partial charge in [0.25, 0.3) is 0 Å². The lowest BCUT2D eigenvalue weighted by Gasteiger charge is -2.24. The van der Waals surface area contributed by atoms with Crippen molar-refractivity contribution in [1.29, 1.82) is 0 Å². The standard InChI is InChI=1S/C15H27O4Si/c1-4-7-10-18-15(19-11-8-5-2)13(14(16)17)12(20)9-6-3/h15H,4-11H2,1-3H3,(H,16,17)/p-1/b13-12+. The number of carboxylic acid groups (broad SMARTS) is 1. The van der Waals surface area contributed by atoms with Gasteiger partial charge in [-0.15, -0.1) is 0 Å². The largest absolute Gasteiger partial charge is 0.545 e. The van der Waals surface area contributed by atoms with Crippen LogP contribution in [0.4, 0.5) is 0 Å². The minimum absolute atomic E-state index is 0.0794. The van der Waals surface area contributed by atoms with E-state index < -0.39 is 12.3 Å². The Labute approximate surface area is 126 Å². The number of carboxylic acids is 1. The van der Waals surface area contributed by atoms with Gasteiger partial charge in [-0.05, 0) is 19.3 Å². The van der Waals surface area contributed by atoms with Gasteiger partial charge in [0.1, 0.15) is 0 Å². The lowest BCUT2D eigenvalue weighted by Crippen LogP contribution is -2.35. The number of hydrogen-bond donors (Lipinski definition) is 0. The molecule has 0 heterocycles. The first kappa shape index (κ1) is 19.3. The quantitative estimate of drug-likeness (QED) is 0.239. The summed E-state index contributed by atoms with van der Waals surface area (Å²) in [7, 11) is 3.38. The number of carbonyl (C=O) groups is 1. The monoisotopic (exact) mass is 298 g/mol. The van der Waals surface area contributed by atoms with E-state index in [1.165, 1.54) is 0 Å². The van der Waals surface area contributed by atoms with Gasteiger partial charge in [-0.3, -0.25) is 0 Å². The third-order valence-electron chi connectivity index (χ3n) is 2.81. The van der Waals surface area contributed by atoms with Crippen molar-refractivity contribution in [2.75, 3.05) is 13.2 Å². The zero-order valence-electron chi connectivity index (χ0n) is 12.9. The normalized spacial score (nSPS) is 12.7. The van der Waals surface area contributed by atoms with Gasteiger partial charge in [0.2, 0.25) is 0 Å². The molecule has 0 aromatic rings. The lowest BCUT2D eigenvalue weighted by atomic mass is 10.1. The van der Waals surface area contributed by atoms with Crippen molar-refractivity contribution in [3.63, 3.8) is 0 Å². The van der Waals surface area contributed by atoms with Crippen LogP contribution < -0.4 is 5.11 Å². The molecule has 0 aliphatic rings. The second kappa shape index (κ2) is 12.1. The molecule has 5 heteroatoms. The van der Waals surface area contributed by atoms with Crippen molar-refractivity contribution in [1.82, 2.24) is 0 Å². The summed E-state index contributed by atoms with van der Waals surface area (Å²) >= 11 is 0. The Morgan fingerprint density at radius 2 is 1.55 bits per heavy atom. The fourth-order valence-electron chi connectivity index (χ4n) is 1.63. The van der Waals surface area contributed by atoms with E-state index in [4.69, 9.17) is 9.47 Å². The Balaban J connectivity index is 4.89. The average Bonchev–Trinajstić information content (AvgIpc) is 2.39. The van der Waals surface area contributed by atoms with Crippen LogP contribution >= 0.6 is 0 Å². The topological polar surface area (TPSA) is 58.6 Å². The number of carbonyl (C=O) groups excluding carboxylic acids is 1. The summed E-state index contributed by atoms with van der Waals surface area (Å²) in [6, 6.07) is 0. The number of hydrogen-bond acceptors (Lipinski definition) is 4. The third-order valence-corrected chi connectivity index (χ3v) is 3.33. The zero-order valence-corrected chi connectivity index (χ0v) is 13.9. The molecule has 115 valence electrons. The molecule has 0 amide bonds. The second-order valence-electron chi connectivity index (χ2n) is 4.71. The Morgan fingerprint density at radius 3 is 1.90 bits per heavy atom. The van der Waals surface area contributed by atoms with Crippen LogP contribution in [0.3, 0.4) is 0 Å². The highest BCUT2D eigenvalue weighted by Crippen LogP contribution is 2.16. The van der Waals surface area contributed by atoms with E-state index >= 15 is 0 Å². The van der Waals surface area contributed by atoms with Gasteiger partial charge < -0.3 is 19.4 Å². The van der Waals surface area contributed by atoms with Gasteiger partial charge in [-0.1, -0.05) is 45.2 Å². The third kappa shape index (κ3) is 7.82. The SMILES string of the molecule is CCCCOC(OCCCC)/C(C(=O)[O-])=C(/[Si])CCC. The van der Waals surface area contributed by atoms with Crippen LogP contribution in [0, 0.1) is 0 Å². The first-order valence-electron chi connectivity index (χ1n) is 7.47. The van der Waals surface area contributed by atoms with Crippen LogP contribution in [0.15, 0.2) is 10.8 Å². The maximum atomic E-state index is 11.4. The lowest BCUT2D eigenvalue weighted by molar-refractivity contribution is -0.302. The molecule has 0 spiro atoms. The Hall–Kier alpha value is -0.653. The molecule has 4 nitrogen and oxygen atoms in total. The van der Waals surface area contributed by atoms with Gasteiger partial charge in [0.15, 0.2) is 6.29 Å². The Kier molecular flexibility index (Phi) is 11.7. The summed E-state index contributed by atoms with van der Waals surface area (Å²) in [4.78, 5) is 11.4. The predicted octanol–water partition coefficient (Wildman–Crippen LogP) is 1.92. The average molecular weight is 298 g/mol. The van der Waals surface area contributed by atoms with Gasteiger partial charge in [0, 0.05) is 5.57 Å². The van der Waals surface area contributed by atoms with Crippen molar-refractivity contribution in [3.05, 3.63) is 10.8 Å². The summed E-state index contributed by atoms with van der Waals surface area (Å²) < 4.78 is 11.2. The molecule has 0 saturated heterocycles. The first-order chi connectivity index (χ1) is 9.58. The van der Waals surface area contributed by atoms with E-state index in [1.54, 1.807) is 0 Å². The fraction of sp³-hybridized carbons (Fsp3) is 0.800. The summed E-state index contributed by atoms with van der Waals surface area (Å²) in [5.74, 6) is -1.23. The van der Waals surface area contributed by atoms with Crippen LogP contribution in [0.2, 0.25) is 0 Å². The number of rotatable bonds is 12. The van der Waals surface area contributed by atoms with Gasteiger partial charge in [-0.2, -0.15) is 0 Å². The fourth-order valence-corrected chi connectivity index (χ4v) is 2.10. The highest BCUT2D eigenvalue weighted by Gasteiger charge is 2.19.